The van der Waals surface area contributed by atoms with Gasteiger partial charge in [0.1, 0.15) is 24.4 Å². The number of rotatable bonds is 7. The van der Waals surface area contributed by atoms with Gasteiger partial charge < -0.3 is 40.7 Å². The van der Waals surface area contributed by atoms with E-state index in [0.717, 1.165) is 37.7 Å². The fourth-order valence-electron chi connectivity index (χ4n) is 4.51. The Morgan fingerprint density at radius 1 is 1.32 bits per heavy atom. The molecule has 0 amide bonds. The monoisotopic (exact) mass is 534 g/mol. The highest BCUT2D eigenvalue weighted by Gasteiger charge is 2.50. The topological polar surface area (TPSA) is 210 Å². The van der Waals surface area contributed by atoms with Gasteiger partial charge >= 0.3 is 17.9 Å². The van der Waals surface area contributed by atoms with Crippen LogP contribution in [0.1, 0.15) is 35.7 Å². The number of oxime groups is 1. The summed E-state index contributed by atoms with van der Waals surface area (Å²) in [5.41, 5.74) is 4.70. The first kappa shape index (κ1) is 26.9. The number of hydrogen-bond donors (Lipinski definition) is 5. The molecule has 6 N–H and O–H groups in total. The summed E-state index contributed by atoms with van der Waals surface area (Å²) in [6.45, 7) is 2.38. The molecule has 1 aliphatic carbocycles. The molecule has 0 radical (unpaired) electrons. The molecule has 0 aromatic carbocycles. The average Bonchev–Trinajstić information content (AvgIpc) is 3.59. The first-order chi connectivity index (χ1) is 18.0. The quantitative estimate of drug-likeness (QED) is 0.294. The molecule has 2 aromatic heterocycles. The van der Waals surface area contributed by atoms with Crippen molar-refractivity contribution in [1.82, 2.24) is 14.9 Å². The molecule has 3 aliphatic rings. The van der Waals surface area contributed by atoms with Crippen molar-refractivity contribution < 1.29 is 38.9 Å². The number of nitrogens with zero attached hydrogens (tertiary/aromatic N) is 4. The van der Waals surface area contributed by atoms with Crippen LogP contribution in [0, 0.1) is 11.2 Å². The van der Waals surface area contributed by atoms with Crippen LogP contribution >= 0.6 is 0 Å². The highest BCUT2D eigenvalue weighted by atomic mass is 19.1. The zero-order chi connectivity index (χ0) is 27.8. The molecule has 4 heterocycles. The van der Waals surface area contributed by atoms with Crippen molar-refractivity contribution in [1.29, 1.82) is 0 Å². The lowest BCUT2D eigenvalue weighted by molar-refractivity contribution is -0.144. The van der Waals surface area contributed by atoms with Gasteiger partial charge in [-0.05, 0) is 18.9 Å². The fourth-order valence-corrected chi connectivity index (χ4v) is 4.51. The Hall–Kier alpha value is -4.11. The maximum atomic E-state index is 15.0. The molecule has 204 valence electrons. The van der Waals surface area contributed by atoms with Gasteiger partial charge in [0.05, 0.1) is 29.5 Å². The smallest absolute Gasteiger partial charge is 0.341 e. The Morgan fingerprint density at radius 2 is 2.00 bits per heavy atom. The Balaban J connectivity index is 0.000000323. The number of anilines is 1. The molecule has 14 nitrogen and oxygen atoms in total. The standard InChI is InChI=1S/C19H20FN5O4.C4H7NO4/c1-29-23-14-6-24(9-19(14)7-21-8-19)17-13(20)4-11-15(26)12(18(27)28)5-25(10-2-3-10)16(11)22-17;5-2(4(8)9)1-3(6)7/h4-5,10,21H,2-3,6-9H2,1H3,(H,27,28);2H,1,5H2,(H,6,7)(H,8,9)/b23-14-;. The van der Waals surface area contributed by atoms with Crippen LogP contribution in [0.15, 0.2) is 22.2 Å². The second kappa shape index (κ2) is 10.3. The zero-order valence-electron chi connectivity index (χ0n) is 20.4. The number of nitrogens with two attached hydrogens (primary N) is 1. The van der Waals surface area contributed by atoms with Crippen molar-refractivity contribution in [3.8, 4) is 0 Å². The molecule has 38 heavy (non-hydrogen) atoms. The van der Waals surface area contributed by atoms with E-state index in [-0.39, 0.29) is 28.2 Å². The first-order valence-electron chi connectivity index (χ1n) is 11.7. The van der Waals surface area contributed by atoms with Gasteiger partial charge in [-0.2, -0.15) is 0 Å². The number of carboxylic acid groups (broad SMARTS) is 3. The van der Waals surface area contributed by atoms with Crippen molar-refractivity contribution in [2.75, 3.05) is 38.2 Å². The van der Waals surface area contributed by atoms with Gasteiger partial charge in [0, 0.05) is 31.9 Å². The van der Waals surface area contributed by atoms with Crippen LogP contribution in [0.25, 0.3) is 11.0 Å². The molecule has 1 spiro atoms. The predicted molar refractivity (Wildman–Crippen MR) is 131 cm³/mol. The van der Waals surface area contributed by atoms with E-state index in [4.69, 9.17) is 20.8 Å². The third-order valence-corrected chi connectivity index (χ3v) is 6.70. The second-order valence-corrected chi connectivity index (χ2v) is 9.48. The van der Waals surface area contributed by atoms with Crippen molar-refractivity contribution in [3.63, 3.8) is 0 Å². The third-order valence-electron chi connectivity index (χ3n) is 6.70. The maximum Gasteiger partial charge on any atom is 0.341 e. The Labute approximate surface area is 214 Å². The number of aromatic carboxylic acids is 1. The van der Waals surface area contributed by atoms with Gasteiger partial charge in [-0.25, -0.2) is 14.2 Å². The first-order valence-corrected chi connectivity index (χ1v) is 11.7. The van der Waals surface area contributed by atoms with Gasteiger partial charge in [0.15, 0.2) is 11.6 Å². The Morgan fingerprint density at radius 3 is 2.47 bits per heavy atom. The summed E-state index contributed by atoms with van der Waals surface area (Å²) in [4.78, 5) is 54.9. The minimum absolute atomic E-state index is 0.0111. The number of aliphatic carboxylic acids is 2. The van der Waals surface area contributed by atoms with Crippen molar-refractivity contribution >= 4 is 40.5 Å². The summed E-state index contributed by atoms with van der Waals surface area (Å²) in [6.07, 6.45) is 2.54. The van der Waals surface area contributed by atoms with Gasteiger partial charge in [0.25, 0.3) is 0 Å². The van der Waals surface area contributed by atoms with E-state index in [0.29, 0.717) is 18.7 Å². The molecule has 1 saturated carbocycles. The third kappa shape index (κ3) is 5.15. The second-order valence-electron chi connectivity index (χ2n) is 9.48. The van der Waals surface area contributed by atoms with Crippen LogP contribution in [-0.4, -0.2) is 87.8 Å². The molecule has 5 rings (SSSR count). The van der Waals surface area contributed by atoms with Gasteiger partial charge in [-0.1, -0.05) is 5.16 Å². The van der Waals surface area contributed by atoms with Crippen LogP contribution < -0.4 is 21.4 Å². The number of carbonyl (C=O) groups is 3. The van der Waals surface area contributed by atoms with Gasteiger partial charge in [-0.3, -0.25) is 14.4 Å². The lowest BCUT2D eigenvalue weighted by Crippen LogP contribution is -2.58. The number of hydrogen-bond acceptors (Lipinski definition) is 10. The fraction of sp³-hybridized carbons (Fsp3) is 0.478. The molecule has 2 aliphatic heterocycles. The molecule has 1 atom stereocenters. The van der Waals surface area contributed by atoms with Crippen LogP contribution in [-0.2, 0) is 14.4 Å². The van der Waals surface area contributed by atoms with Crippen molar-refractivity contribution in [3.05, 3.63) is 33.9 Å². The Kier molecular flexibility index (Phi) is 7.33. The highest BCUT2D eigenvalue weighted by molar-refractivity contribution is 5.99. The largest absolute Gasteiger partial charge is 0.481 e. The molecule has 2 saturated heterocycles. The minimum Gasteiger partial charge on any atom is -0.481 e. The minimum atomic E-state index is -1.32. The number of carboxylic acids is 3. The van der Waals surface area contributed by atoms with E-state index in [1.807, 2.05) is 0 Å². The predicted octanol–water partition coefficient (Wildman–Crippen LogP) is -0.146. The zero-order valence-corrected chi connectivity index (χ0v) is 20.4. The molecular weight excluding hydrogens is 507 g/mol. The molecule has 1 unspecified atom stereocenters. The lowest BCUT2D eigenvalue weighted by Gasteiger charge is -2.38. The highest BCUT2D eigenvalue weighted by Crippen LogP contribution is 2.39. The van der Waals surface area contributed by atoms with Gasteiger partial charge in [-0.15, -0.1) is 0 Å². The maximum absolute atomic E-state index is 15.0. The van der Waals surface area contributed by atoms with Crippen LogP contribution in [0.5, 0.6) is 0 Å². The number of aromatic nitrogens is 2. The van der Waals surface area contributed by atoms with Crippen molar-refractivity contribution in [2.24, 2.45) is 16.3 Å². The van der Waals surface area contributed by atoms with Crippen LogP contribution in [0.2, 0.25) is 0 Å². The number of halogens is 1. The van der Waals surface area contributed by atoms with Crippen molar-refractivity contribution in [2.45, 2.75) is 31.3 Å². The summed E-state index contributed by atoms with van der Waals surface area (Å²) in [5, 5.41) is 32.7. The normalized spacial score (nSPS) is 19.6. The van der Waals surface area contributed by atoms with E-state index in [1.54, 1.807) is 9.47 Å². The number of fused-ring (bicyclic) bond motifs is 1. The lowest BCUT2D eigenvalue weighted by atomic mass is 9.79. The molecule has 0 bridgehead atoms. The number of nitrogens with one attached hydrogen (secondary N) is 1. The van der Waals surface area contributed by atoms with E-state index in [1.165, 1.54) is 13.3 Å². The molecule has 2 aromatic rings. The van der Waals surface area contributed by atoms with E-state index in [9.17, 15) is 24.3 Å². The summed E-state index contributed by atoms with van der Waals surface area (Å²) >= 11 is 0. The summed E-state index contributed by atoms with van der Waals surface area (Å²) in [5.74, 6) is -4.33. The van der Waals surface area contributed by atoms with E-state index in [2.05, 4.69) is 15.5 Å². The van der Waals surface area contributed by atoms with Crippen LogP contribution in [0.3, 0.4) is 0 Å². The van der Waals surface area contributed by atoms with Crippen LogP contribution in [0.4, 0.5) is 10.2 Å². The van der Waals surface area contributed by atoms with E-state index >= 15 is 4.39 Å². The Bertz CT molecular complexity index is 1380. The summed E-state index contributed by atoms with van der Waals surface area (Å²) in [7, 11) is 1.48. The molecule has 15 heteroatoms. The van der Waals surface area contributed by atoms with Gasteiger partial charge in [0.2, 0.25) is 5.43 Å². The SMILES string of the molecule is CO/N=C1/CN(c2nc3c(cc2F)c(=O)c(C(=O)O)cn3C2CC2)CC12CNC2.NC(CC(=O)O)C(=O)O. The molecular formula is C23H27FN6O8. The summed E-state index contributed by atoms with van der Waals surface area (Å²) in [6, 6.07) is -0.0986. The average molecular weight is 535 g/mol. The van der Waals surface area contributed by atoms with E-state index < -0.39 is 41.6 Å². The number of pyridine rings is 2. The molecule has 3 fully saturated rings. The summed E-state index contributed by atoms with van der Waals surface area (Å²) < 4.78 is 16.7.